The average Bonchev–Trinajstić information content (AvgIpc) is 2.53. The van der Waals surface area contributed by atoms with E-state index >= 15 is 0 Å². The second-order valence-corrected chi connectivity index (χ2v) is 4.56. The van der Waals surface area contributed by atoms with Crippen LogP contribution in [0, 0.1) is 40.5 Å². The first-order chi connectivity index (χ1) is 11.6. The van der Waals surface area contributed by atoms with Gasteiger partial charge in [-0.1, -0.05) is 0 Å². The van der Waals surface area contributed by atoms with E-state index in [4.69, 9.17) is 0 Å². The molecule has 0 aliphatic carbocycles. The van der Waals surface area contributed by atoms with Crippen molar-refractivity contribution in [3.63, 3.8) is 0 Å². The highest BCUT2D eigenvalue weighted by Crippen LogP contribution is 2.45. The third-order valence-corrected chi connectivity index (χ3v) is 3.17. The van der Waals surface area contributed by atoms with Gasteiger partial charge in [0.1, 0.15) is 0 Å². The van der Waals surface area contributed by atoms with Crippen LogP contribution < -0.4 is 0 Å². The van der Waals surface area contributed by atoms with Gasteiger partial charge >= 0.3 is 11.4 Å². The molecular formula is C12H6N4O9. The lowest BCUT2D eigenvalue weighted by Gasteiger charge is -2.06. The number of phenols is 1. The fourth-order valence-corrected chi connectivity index (χ4v) is 2.16. The molecule has 0 fully saturated rings. The number of rotatable bonds is 5. The summed E-state index contributed by atoms with van der Waals surface area (Å²) < 4.78 is 0. The molecule has 128 valence electrons. The highest BCUT2D eigenvalue weighted by molar-refractivity contribution is 5.87. The number of benzene rings is 2. The molecule has 0 unspecified atom stereocenters. The lowest BCUT2D eigenvalue weighted by atomic mass is 10.00. The number of nitro groups is 4. The summed E-state index contributed by atoms with van der Waals surface area (Å²) in [6.07, 6.45) is 0. The maximum atomic E-state index is 11.2. The van der Waals surface area contributed by atoms with Crippen molar-refractivity contribution in [1.29, 1.82) is 0 Å². The van der Waals surface area contributed by atoms with Crippen LogP contribution in [0.4, 0.5) is 22.7 Å². The summed E-state index contributed by atoms with van der Waals surface area (Å²) in [6, 6.07) is 3.97. The smallest absolute Gasteiger partial charge is 0.387 e. The van der Waals surface area contributed by atoms with Crippen molar-refractivity contribution < 1.29 is 24.8 Å². The van der Waals surface area contributed by atoms with E-state index < -0.39 is 59.3 Å². The molecule has 0 amide bonds. The summed E-state index contributed by atoms with van der Waals surface area (Å²) >= 11 is 0. The van der Waals surface area contributed by atoms with Crippen molar-refractivity contribution in [3.8, 4) is 16.9 Å². The monoisotopic (exact) mass is 350 g/mol. The van der Waals surface area contributed by atoms with Crippen molar-refractivity contribution in [3.05, 3.63) is 70.8 Å². The molecule has 2 rings (SSSR count). The van der Waals surface area contributed by atoms with Gasteiger partial charge in [-0.25, -0.2) is 0 Å². The summed E-state index contributed by atoms with van der Waals surface area (Å²) in [5.74, 6) is -0.995. The minimum Gasteiger partial charge on any atom is -0.502 e. The maximum absolute atomic E-state index is 11.2. The van der Waals surface area contributed by atoms with Gasteiger partial charge < -0.3 is 5.11 Å². The molecular weight excluding hydrogens is 344 g/mol. The SMILES string of the molecule is O=[N+]([O-])c1ccc(-c2ccc(O)c([N+](=O)[O-])c2[N+](=O)[O-])c([N+](=O)[O-])c1. The van der Waals surface area contributed by atoms with Crippen LogP contribution in [-0.4, -0.2) is 24.8 Å². The van der Waals surface area contributed by atoms with Crippen molar-refractivity contribution >= 4 is 22.7 Å². The molecule has 0 aliphatic rings. The number of aromatic hydroxyl groups is 1. The van der Waals surface area contributed by atoms with Crippen molar-refractivity contribution in [2.24, 2.45) is 0 Å². The van der Waals surface area contributed by atoms with E-state index in [2.05, 4.69) is 0 Å². The Labute approximate surface area is 136 Å². The zero-order valence-corrected chi connectivity index (χ0v) is 11.9. The Morgan fingerprint density at radius 1 is 0.680 bits per heavy atom. The lowest BCUT2D eigenvalue weighted by Crippen LogP contribution is -2.01. The summed E-state index contributed by atoms with van der Waals surface area (Å²) in [7, 11) is 0. The molecule has 0 radical (unpaired) electrons. The molecule has 1 N–H and O–H groups in total. The average molecular weight is 350 g/mol. The fourth-order valence-electron chi connectivity index (χ4n) is 2.16. The van der Waals surface area contributed by atoms with Crippen molar-refractivity contribution in [2.45, 2.75) is 0 Å². The van der Waals surface area contributed by atoms with Crippen LogP contribution in [0.5, 0.6) is 5.75 Å². The van der Waals surface area contributed by atoms with Gasteiger partial charge in [-0.15, -0.1) is 0 Å². The molecule has 13 nitrogen and oxygen atoms in total. The molecule has 0 spiro atoms. The minimum absolute atomic E-state index is 0.439. The summed E-state index contributed by atoms with van der Waals surface area (Å²) in [6.45, 7) is 0. The topological polar surface area (TPSA) is 193 Å². The Kier molecular flexibility index (Phi) is 4.23. The third-order valence-electron chi connectivity index (χ3n) is 3.17. The predicted molar refractivity (Wildman–Crippen MR) is 80.2 cm³/mol. The Morgan fingerprint density at radius 3 is 1.72 bits per heavy atom. The van der Waals surface area contributed by atoms with Gasteiger partial charge in [0, 0.05) is 6.07 Å². The first kappa shape index (κ1) is 17.2. The van der Waals surface area contributed by atoms with Crippen molar-refractivity contribution in [2.75, 3.05) is 0 Å². The van der Waals surface area contributed by atoms with Crippen LogP contribution in [0.15, 0.2) is 30.3 Å². The van der Waals surface area contributed by atoms with Crippen molar-refractivity contribution in [1.82, 2.24) is 0 Å². The van der Waals surface area contributed by atoms with Gasteiger partial charge in [0.2, 0.25) is 5.75 Å². The van der Waals surface area contributed by atoms with Crippen LogP contribution in [0.3, 0.4) is 0 Å². The van der Waals surface area contributed by atoms with E-state index in [1.54, 1.807) is 0 Å². The van der Waals surface area contributed by atoms with E-state index in [0.29, 0.717) is 6.07 Å². The van der Waals surface area contributed by atoms with Gasteiger partial charge in [0.15, 0.2) is 0 Å². The maximum Gasteiger partial charge on any atom is 0.387 e. The molecule has 0 heterocycles. The first-order valence-electron chi connectivity index (χ1n) is 6.23. The molecule has 2 aromatic carbocycles. The molecule has 0 aliphatic heterocycles. The Bertz CT molecular complexity index is 940. The van der Waals surface area contributed by atoms with Crippen LogP contribution in [-0.2, 0) is 0 Å². The first-order valence-corrected chi connectivity index (χ1v) is 6.23. The highest BCUT2D eigenvalue weighted by Gasteiger charge is 2.36. The third kappa shape index (κ3) is 3.00. The van der Waals surface area contributed by atoms with Gasteiger partial charge in [-0.2, -0.15) is 0 Å². The number of nitro benzene ring substituents is 4. The lowest BCUT2D eigenvalue weighted by molar-refractivity contribution is -0.422. The quantitative estimate of drug-likeness (QED) is 0.623. The van der Waals surface area contributed by atoms with Gasteiger partial charge in [-0.3, -0.25) is 40.5 Å². The predicted octanol–water partition coefficient (Wildman–Crippen LogP) is 2.69. The van der Waals surface area contributed by atoms with Crippen LogP contribution in [0.2, 0.25) is 0 Å². The Hall–Kier alpha value is -4.16. The van der Waals surface area contributed by atoms with E-state index in [-0.39, 0.29) is 0 Å². The van der Waals surface area contributed by atoms with E-state index in [1.165, 1.54) is 0 Å². The Balaban J connectivity index is 2.90. The van der Waals surface area contributed by atoms with Gasteiger partial charge in [0.05, 0.1) is 36.9 Å². The second kappa shape index (κ2) is 6.15. The number of hydrogen-bond acceptors (Lipinski definition) is 9. The molecule has 25 heavy (non-hydrogen) atoms. The summed E-state index contributed by atoms with van der Waals surface area (Å²) in [5.41, 5.74) is -4.86. The van der Waals surface area contributed by atoms with E-state index in [9.17, 15) is 45.6 Å². The van der Waals surface area contributed by atoms with E-state index in [1.807, 2.05) is 0 Å². The fraction of sp³-hybridized carbons (Fsp3) is 0. The molecule has 0 bridgehead atoms. The molecule has 0 atom stereocenters. The minimum atomic E-state index is -1.24. The molecule has 13 heteroatoms. The van der Waals surface area contributed by atoms with Crippen LogP contribution in [0.1, 0.15) is 0 Å². The molecule has 0 saturated heterocycles. The number of nitrogens with zero attached hydrogens (tertiary/aromatic N) is 4. The van der Waals surface area contributed by atoms with Crippen LogP contribution >= 0.6 is 0 Å². The highest BCUT2D eigenvalue weighted by atomic mass is 16.6. The Morgan fingerprint density at radius 2 is 1.24 bits per heavy atom. The normalized spacial score (nSPS) is 10.2. The summed E-state index contributed by atoms with van der Waals surface area (Å²) in [5, 5.41) is 53.7. The second-order valence-electron chi connectivity index (χ2n) is 4.56. The van der Waals surface area contributed by atoms with Gasteiger partial charge in [-0.05, 0) is 18.2 Å². The van der Waals surface area contributed by atoms with E-state index in [0.717, 1.165) is 24.3 Å². The zero-order valence-electron chi connectivity index (χ0n) is 11.9. The summed E-state index contributed by atoms with van der Waals surface area (Å²) in [4.78, 5) is 39.9. The van der Waals surface area contributed by atoms with Crippen LogP contribution in [0.25, 0.3) is 11.1 Å². The largest absolute Gasteiger partial charge is 0.502 e. The molecule has 2 aromatic rings. The number of non-ortho nitro benzene ring substituents is 1. The number of phenolic OH excluding ortho intramolecular Hbond substituents is 1. The van der Waals surface area contributed by atoms with Gasteiger partial charge in [0.25, 0.3) is 11.4 Å². The molecule has 0 aromatic heterocycles. The zero-order chi connectivity index (χ0) is 18.9. The number of hydrogen-bond donors (Lipinski definition) is 1. The molecule has 0 saturated carbocycles. The standard InChI is InChI=1S/C12H6N4O9/c17-10-4-3-8(11(15(22)23)12(10)16(24)25)7-2-1-6(13(18)19)5-9(7)14(20)21/h1-5,17H.